The molecule has 20 heavy (non-hydrogen) atoms. The number of unbranched alkanes of at least 4 members (excludes halogenated alkanes) is 1. The Bertz CT molecular complexity index is 479. The molecule has 0 bridgehead atoms. The van der Waals surface area contributed by atoms with Gasteiger partial charge in [-0.3, -0.25) is 10.1 Å². The molecule has 0 fully saturated rings. The fraction of sp³-hybridized carbons (Fsp3) is 0.500. The Morgan fingerprint density at radius 1 is 1.55 bits per heavy atom. The largest absolute Gasteiger partial charge is 0.363 e. The second-order valence-electron chi connectivity index (χ2n) is 4.72. The van der Waals surface area contributed by atoms with E-state index in [0.29, 0.717) is 5.11 Å². The molecule has 1 aromatic carbocycles. The number of benzene rings is 1. The van der Waals surface area contributed by atoms with Gasteiger partial charge in [0.25, 0.3) is 5.69 Å². The van der Waals surface area contributed by atoms with Crippen molar-refractivity contribution in [3.63, 3.8) is 0 Å². The van der Waals surface area contributed by atoms with Crippen LogP contribution in [0.15, 0.2) is 24.3 Å². The van der Waals surface area contributed by atoms with Crippen molar-refractivity contribution >= 4 is 23.0 Å². The van der Waals surface area contributed by atoms with Gasteiger partial charge in [-0.2, -0.15) is 0 Å². The summed E-state index contributed by atoms with van der Waals surface area (Å²) in [4.78, 5) is 12.3. The Hall–Kier alpha value is -1.69. The van der Waals surface area contributed by atoms with Gasteiger partial charge in [-0.25, -0.2) is 0 Å². The first-order valence-electron chi connectivity index (χ1n) is 6.72. The Labute approximate surface area is 125 Å². The first kappa shape index (κ1) is 16.4. The van der Waals surface area contributed by atoms with Crippen LogP contribution in [0.1, 0.15) is 38.3 Å². The summed E-state index contributed by atoms with van der Waals surface area (Å²) in [6, 6.07) is 6.65. The topological polar surface area (TPSA) is 58.4 Å². The van der Waals surface area contributed by atoms with Crippen molar-refractivity contribution in [2.45, 2.75) is 32.7 Å². The zero-order valence-corrected chi connectivity index (χ0v) is 12.9. The number of thiocarbonyl (C=S) groups is 1. The number of non-ortho nitro benzene ring substituents is 1. The molecule has 0 amide bonds. The zero-order valence-electron chi connectivity index (χ0n) is 12.1. The van der Waals surface area contributed by atoms with Crippen molar-refractivity contribution in [2.24, 2.45) is 0 Å². The van der Waals surface area contributed by atoms with E-state index in [1.807, 2.05) is 24.9 Å². The van der Waals surface area contributed by atoms with Gasteiger partial charge in [-0.1, -0.05) is 25.5 Å². The number of nitrogens with one attached hydrogen (secondary N) is 1. The monoisotopic (exact) mass is 295 g/mol. The smallest absolute Gasteiger partial charge is 0.269 e. The number of rotatable bonds is 6. The highest BCUT2D eigenvalue weighted by Crippen LogP contribution is 2.22. The van der Waals surface area contributed by atoms with Gasteiger partial charge in [0.2, 0.25) is 0 Å². The van der Waals surface area contributed by atoms with Crippen molar-refractivity contribution in [1.29, 1.82) is 0 Å². The molecule has 6 heteroatoms. The summed E-state index contributed by atoms with van der Waals surface area (Å²) < 4.78 is 0. The van der Waals surface area contributed by atoms with Crippen LogP contribution in [0.3, 0.4) is 0 Å². The fourth-order valence-electron chi connectivity index (χ4n) is 1.79. The van der Waals surface area contributed by atoms with E-state index in [-0.39, 0.29) is 16.7 Å². The average Bonchev–Trinajstić information content (AvgIpc) is 2.45. The van der Waals surface area contributed by atoms with Crippen molar-refractivity contribution in [2.75, 3.05) is 13.6 Å². The summed E-state index contributed by atoms with van der Waals surface area (Å²) in [5.74, 6) is 0. The third-order valence-corrected chi connectivity index (χ3v) is 3.70. The van der Waals surface area contributed by atoms with Crippen LogP contribution in [-0.2, 0) is 0 Å². The third-order valence-electron chi connectivity index (χ3n) is 3.27. The summed E-state index contributed by atoms with van der Waals surface area (Å²) in [5.41, 5.74) is 0.981. The van der Waals surface area contributed by atoms with Crippen molar-refractivity contribution in [3.8, 4) is 0 Å². The van der Waals surface area contributed by atoms with Crippen LogP contribution in [0.4, 0.5) is 5.69 Å². The molecular weight excluding hydrogens is 274 g/mol. The van der Waals surface area contributed by atoms with E-state index in [9.17, 15) is 10.1 Å². The molecule has 0 unspecified atom stereocenters. The van der Waals surface area contributed by atoms with E-state index < -0.39 is 0 Å². The molecular formula is C14H21N3O2S. The minimum Gasteiger partial charge on any atom is -0.363 e. The van der Waals surface area contributed by atoms with Gasteiger partial charge in [0, 0.05) is 25.7 Å². The maximum absolute atomic E-state index is 10.8. The second kappa shape index (κ2) is 7.79. The quantitative estimate of drug-likeness (QED) is 0.378. The van der Waals surface area contributed by atoms with Crippen LogP contribution in [0.5, 0.6) is 0 Å². The average molecular weight is 295 g/mol. The predicted octanol–water partition coefficient (Wildman–Crippen LogP) is 3.26. The molecule has 0 aliphatic carbocycles. The van der Waals surface area contributed by atoms with Crippen LogP contribution in [0.2, 0.25) is 0 Å². The Morgan fingerprint density at radius 3 is 2.85 bits per heavy atom. The first-order valence-corrected chi connectivity index (χ1v) is 7.13. The van der Waals surface area contributed by atoms with Gasteiger partial charge in [-0.05, 0) is 31.1 Å². The lowest BCUT2D eigenvalue weighted by molar-refractivity contribution is -0.384. The molecule has 0 saturated heterocycles. The van der Waals surface area contributed by atoms with Crippen LogP contribution in [0, 0.1) is 10.1 Å². The fourth-order valence-corrected chi connectivity index (χ4v) is 2.05. The number of hydrogen-bond acceptors (Lipinski definition) is 3. The van der Waals surface area contributed by atoms with Gasteiger partial charge in [-0.15, -0.1) is 0 Å². The van der Waals surface area contributed by atoms with Crippen molar-refractivity contribution in [1.82, 2.24) is 10.2 Å². The standard InChI is InChI=1S/C14H21N3O2S/c1-4-5-9-15-14(20)16(3)11(2)12-7-6-8-13(10-12)17(18)19/h6-8,10-11H,4-5,9H2,1-3H3,(H,15,20)/t11-/m0/s1. The SMILES string of the molecule is CCCCNC(=S)N(C)[C@@H](C)c1cccc([N+](=O)[O-])c1. The predicted molar refractivity (Wildman–Crippen MR) is 84.8 cm³/mol. The lowest BCUT2D eigenvalue weighted by atomic mass is 10.1. The van der Waals surface area contributed by atoms with E-state index in [4.69, 9.17) is 12.2 Å². The maximum Gasteiger partial charge on any atom is 0.269 e. The molecule has 1 N–H and O–H groups in total. The molecule has 0 aliphatic rings. The molecule has 0 saturated carbocycles. The Morgan fingerprint density at radius 2 is 2.25 bits per heavy atom. The van der Waals surface area contributed by atoms with E-state index in [2.05, 4.69) is 12.2 Å². The number of nitro groups is 1. The van der Waals surface area contributed by atoms with Crippen LogP contribution in [-0.4, -0.2) is 28.5 Å². The van der Waals surface area contributed by atoms with Gasteiger partial charge >= 0.3 is 0 Å². The number of nitro benzene ring substituents is 1. The molecule has 0 aromatic heterocycles. The van der Waals surface area contributed by atoms with Crippen molar-refractivity contribution < 1.29 is 4.92 Å². The Balaban J connectivity index is 2.73. The molecule has 0 heterocycles. The second-order valence-corrected chi connectivity index (χ2v) is 5.11. The molecule has 0 radical (unpaired) electrons. The minimum absolute atomic E-state index is 0.0171. The van der Waals surface area contributed by atoms with E-state index in [1.165, 1.54) is 6.07 Å². The Kier molecular flexibility index (Phi) is 6.38. The number of nitrogens with zero attached hydrogens (tertiary/aromatic N) is 2. The summed E-state index contributed by atoms with van der Waals surface area (Å²) in [6.45, 7) is 4.95. The number of hydrogen-bond donors (Lipinski definition) is 1. The third kappa shape index (κ3) is 4.45. The molecule has 5 nitrogen and oxygen atoms in total. The minimum atomic E-state index is -0.381. The summed E-state index contributed by atoms with van der Waals surface area (Å²) in [5, 5.41) is 14.7. The van der Waals surface area contributed by atoms with E-state index in [1.54, 1.807) is 12.1 Å². The normalized spacial score (nSPS) is 11.8. The van der Waals surface area contributed by atoms with Gasteiger partial charge in [0.05, 0.1) is 11.0 Å². The molecule has 1 aromatic rings. The van der Waals surface area contributed by atoms with Gasteiger partial charge in [0.1, 0.15) is 0 Å². The summed E-state index contributed by atoms with van der Waals surface area (Å²) in [7, 11) is 1.89. The maximum atomic E-state index is 10.8. The summed E-state index contributed by atoms with van der Waals surface area (Å²) in [6.07, 6.45) is 2.18. The zero-order chi connectivity index (χ0) is 15.1. The van der Waals surface area contributed by atoms with Crippen LogP contribution in [0.25, 0.3) is 0 Å². The molecule has 0 spiro atoms. The summed E-state index contributed by atoms with van der Waals surface area (Å²) >= 11 is 5.33. The molecule has 110 valence electrons. The highest BCUT2D eigenvalue weighted by atomic mass is 32.1. The van der Waals surface area contributed by atoms with Gasteiger partial charge in [0.15, 0.2) is 5.11 Å². The molecule has 1 rings (SSSR count). The highest BCUT2D eigenvalue weighted by Gasteiger charge is 2.16. The van der Waals surface area contributed by atoms with E-state index in [0.717, 1.165) is 24.9 Å². The molecule has 0 aliphatic heterocycles. The lowest BCUT2D eigenvalue weighted by Gasteiger charge is -2.28. The lowest BCUT2D eigenvalue weighted by Crippen LogP contribution is -2.38. The van der Waals surface area contributed by atoms with Crippen molar-refractivity contribution in [3.05, 3.63) is 39.9 Å². The first-order chi connectivity index (χ1) is 9.47. The van der Waals surface area contributed by atoms with E-state index >= 15 is 0 Å². The van der Waals surface area contributed by atoms with Crippen LogP contribution >= 0.6 is 12.2 Å². The molecule has 1 atom stereocenters. The van der Waals surface area contributed by atoms with Crippen LogP contribution < -0.4 is 5.32 Å². The van der Waals surface area contributed by atoms with Gasteiger partial charge < -0.3 is 10.2 Å². The highest BCUT2D eigenvalue weighted by molar-refractivity contribution is 7.80.